The highest BCUT2D eigenvalue weighted by molar-refractivity contribution is 5.72. The number of para-hydroxylation sites is 1. The van der Waals surface area contributed by atoms with Crippen LogP contribution < -0.4 is 5.73 Å². The van der Waals surface area contributed by atoms with E-state index in [2.05, 4.69) is 10.2 Å². The summed E-state index contributed by atoms with van der Waals surface area (Å²) in [5, 5.41) is 8.12. The SMILES string of the molecule is Cc1cccc(-c2nnc(C(C)(C)C)o2)c1N. The fourth-order valence-electron chi connectivity index (χ4n) is 1.50. The van der Waals surface area contributed by atoms with Crippen molar-refractivity contribution in [1.82, 2.24) is 10.2 Å². The first-order valence-corrected chi connectivity index (χ1v) is 5.59. The molecule has 4 nitrogen and oxygen atoms in total. The van der Waals surface area contributed by atoms with Gasteiger partial charge < -0.3 is 10.2 Å². The molecule has 1 aromatic carbocycles. The van der Waals surface area contributed by atoms with Crippen LogP contribution in [0.3, 0.4) is 0 Å². The molecule has 4 heteroatoms. The Kier molecular flexibility index (Phi) is 2.65. The molecule has 0 spiro atoms. The van der Waals surface area contributed by atoms with Crippen LogP contribution >= 0.6 is 0 Å². The maximum Gasteiger partial charge on any atom is 0.249 e. The molecule has 2 rings (SSSR count). The summed E-state index contributed by atoms with van der Waals surface area (Å²) in [6.45, 7) is 8.05. The molecule has 0 saturated heterocycles. The Balaban J connectivity index is 2.48. The highest BCUT2D eigenvalue weighted by Crippen LogP contribution is 2.29. The van der Waals surface area contributed by atoms with Crippen molar-refractivity contribution in [2.75, 3.05) is 5.73 Å². The maximum atomic E-state index is 6.01. The van der Waals surface area contributed by atoms with Crippen LogP contribution in [0.25, 0.3) is 11.5 Å². The number of anilines is 1. The number of aromatic nitrogens is 2. The van der Waals surface area contributed by atoms with E-state index in [1.165, 1.54) is 0 Å². The fourth-order valence-corrected chi connectivity index (χ4v) is 1.50. The van der Waals surface area contributed by atoms with Crippen molar-refractivity contribution in [3.8, 4) is 11.5 Å². The molecule has 0 aliphatic rings. The summed E-state index contributed by atoms with van der Waals surface area (Å²) in [7, 11) is 0. The summed E-state index contributed by atoms with van der Waals surface area (Å²) >= 11 is 0. The predicted molar refractivity (Wildman–Crippen MR) is 67.6 cm³/mol. The molecule has 17 heavy (non-hydrogen) atoms. The molecule has 1 heterocycles. The van der Waals surface area contributed by atoms with Gasteiger partial charge in [0.2, 0.25) is 11.8 Å². The Bertz CT molecular complexity index is 538. The Morgan fingerprint density at radius 2 is 1.88 bits per heavy atom. The number of hydrogen-bond acceptors (Lipinski definition) is 4. The van der Waals surface area contributed by atoms with Gasteiger partial charge in [-0.2, -0.15) is 0 Å². The highest BCUT2D eigenvalue weighted by Gasteiger charge is 2.22. The van der Waals surface area contributed by atoms with E-state index < -0.39 is 0 Å². The number of nitrogens with zero attached hydrogens (tertiary/aromatic N) is 2. The maximum absolute atomic E-state index is 6.01. The summed E-state index contributed by atoms with van der Waals surface area (Å²) in [6.07, 6.45) is 0. The number of benzene rings is 1. The van der Waals surface area contributed by atoms with Crippen LogP contribution in [0.15, 0.2) is 22.6 Å². The van der Waals surface area contributed by atoms with Gasteiger partial charge >= 0.3 is 0 Å². The molecule has 90 valence electrons. The third-order valence-electron chi connectivity index (χ3n) is 2.62. The topological polar surface area (TPSA) is 64.9 Å². The lowest BCUT2D eigenvalue weighted by Crippen LogP contribution is -2.11. The number of nitrogen functional groups attached to an aromatic ring is 1. The van der Waals surface area contributed by atoms with E-state index in [1.807, 2.05) is 45.9 Å². The van der Waals surface area contributed by atoms with E-state index in [-0.39, 0.29) is 5.41 Å². The molecular formula is C13H17N3O. The van der Waals surface area contributed by atoms with Crippen LogP contribution in [0, 0.1) is 6.92 Å². The van der Waals surface area contributed by atoms with E-state index in [0.29, 0.717) is 17.5 Å². The van der Waals surface area contributed by atoms with E-state index >= 15 is 0 Å². The molecule has 2 aromatic rings. The van der Waals surface area contributed by atoms with Crippen molar-refractivity contribution >= 4 is 5.69 Å². The second-order valence-electron chi connectivity index (χ2n) is 5.20. The molecule has 0 fully saturated rings. The molecule has 0 aliphatic heterocycles. The van der Waals surface area contributed by atoms with Gasteiger partial charge in [0.05, 0.1) is 5.56 Å². The fraction of sp³-hybridized carbons (Fsp3) is 0.385. The van der Waals surface area contributed by atoms with Crippen LogP contribution in [0.2, 0.25) is 0 Å². The van der Waals surface area contributed by atoms with E-state index in [4.69, 9.17) is 10.2 Å². The average molecular weight is 231 g/mol. The number of nitrogens with two attached hydrogens (primary N) is 1. The standard InChI is InChI=1S/C13H17N3O/c1-8-6-5-7-9(10(8)14)11-15-16-12(17-11)13(2,3)4/h5-7H,14H2,1-4H3. The lowest BCUT2D eigenvalue weighted by Gasteiger charge is -2.11. The minimum Gasteiger partial charge on any atom is -0.420 e. The van der Waals surface area contributed by atoms with Crippen LogP contribution in [0.5, 0.6) is 0 Å². The second kappa shape index (κ2) is 3.87. The quantitative estimate of drug-likeness (QED) is 0.766. The lowest BCUT2D eigenvalue weighted by atomic mass is 9.97. The summed E-state index contributed by atoms with van der Waals surface area (Å²) in [4.78, 5) is 0. The van der Waals surface area contributed by atoms with Gasteiger partial charge in [-0.3, -0.25) is 0 Å². The zero-order valence-corrected chi connectivity index (χ0v) is 10.6. The number of rotatable bonds is 1. The zero-order valence-electron chi connectivity index (χ0n) is 10.6. The second-order valence-corrected chi connectivity index (χ2v) is 5.20. The van der Waals surface area contributed by atoms with Gasteiger partial charge in [-0.05, 0) is 18.6 Å². The summed E-state index contributed by atoms with van der Waals surface area (Å²) in [5.74, 6) is 1.10. The monoisotopic (exact) mass is 231 g/mol. The summed E-state index contributed by atoms with van der Waals surface area (Å²) in [6, 6.07) is 5.78. The minimum atomic E-state index is -0.149. The molecule has 0 amide bonds. The molecule has 0 radical (unpaired) electrons. The molecule has 0 bridgehead atoms. The van der Waals surface area contributed by atoms with Gasteiger partial charge in [0.1, 0.15) is 0 Å². The number of aryl methyl sites for hydroxylation is 1. The smallest absolute Gasteiger partial charge is 0.249 e. The third-order valence-corrected chi connectivity index (χ3v) is 2.62. The van der Waals surface area contributed by atoms with Gasteiger partial charge in [-0.25, -0.2) is 0 Å². The molecule has 0 unspecified atom stereocenters. The zero-order chi connectivity index (χ0) is 12.6. The van der Waals surface area contributed by atoms with Crippen molar-refractivity contribution in [1.29, 1.82) is 0 Å². The Hall–Kier alpha value is -1.84. The van der Waals surface area contributed by atoms with Crippen molar-refractivity contribution in [3.63, 3.8) is 0 Å². The minimum absolute atomic E-state index is 0.149. The van der Waals surface area contributed by atoms with Gasteiger partial charge in [-0.15, -0.1) is 10.2 Å². The largest absolute Gasteiger partial charge is 0.420 e. The first-order valence-electron chi connectivity index (χ1n) is 5.59. The first kappa shape index (κ1) is 11.6. The predicted octanol–water partition coefficient (Wildman–Crippen LogP) is 2.92. The first-order chi connectivity index (χ1) is 7.89. The highest BCUT2D eigenvalue weighted by atomic mass is 16.4. The molecule has 0 atom stereocenters. The van der Waals surface area contributed by atoms with Crippen LogP contribution in [-0.4, -0.2) is 10.2 Å². The molecule has 1 aromatic heterocycles. The van der Waals surface area contributed by atoms with Gasteiger partial charge in [0.25, 0.3) is 0 Å². The van der Waals surface area contributed by atoms with Crippen molar-refractivity contribution in [2.45, 2.75) is 33.1 Å². The normalized spacial score (nSPS) is 11.8. The van der Waals surface area contributed by atoms with Crippen LogP contribution in [0.1, 0.15) is 32.2 Å². The Morgan fingerprint density at radius 1 is 1.18 bits per heavy atom. The van der Waals surface area contributed by atoms with Crippen molar-refractivity contribution in [2.24, 2.45) is 0 Å². The molecule has 2 N–H and O–H groups in total. The Morgan fingerprint density at radius 3 is 2.47 bits per heavy atom. The van der Waals surface area contributed by atoms with Crippen LogP contribution in [0.4, 0.5) is 5.69 Å². The molecular weight excluding hydrogens is 214 g/mol. The number of hydrogen-bond donors (Lipinski definition) is 1. The van der Waals surface area contributed by atoms with Crippen molar-refractivity contribution in [3.05, 3.63) is 29.7 Å². The lowest BCUT2D eigenvalue weighted by molar-refractivity contribution is 0.399. The molecule has 0 saturated carbocycles. The van der Waals surface area contributed by atoms with E-state index in [1.54, 1.807) is 0 Å². The van der Waals surface area contributed by atoms with E-state index in [0.717, 1.165) is 11.1 Å². The van der Waals surface area contributed by atoms with E-state index in [9.17, 15) is 0 Å². The average Bonchev–Trinajstić information content (AvgIpc) is 2.70. The summed E-state index contributed by atoms with van der Waals surface area (Å²) < 4.78 is 5.67. The van der Waals surface area contributed by atoms with Crippen LogP contribution in [-0.2, 0) is 5.41 Å². The third kappa shape index (κ3) is 2.16. The summed E-state index contributed by atoms with van der Waals surface area (Å²) in [5.41, 5.74) is 8.36. The van der Waals surface area contributed by atoms with Gasteiger partial charge in [0, 0.05) is 11.1 Å². The molecule has 0 aliphatic carbocycles. The van der Waals surface area contributed by atoms with Gasteiger partial charge in [-0.1, -0.05) is 32.9 Å². The van der Waals surface area contributed by atoms with Gasteiger partial charge in [0.15, 0.2) is 0 Å². The Labute approximate surface area is 101 Å². The van der Waals surface area contributed by atoms with Crippen molar-refractivity contribution < 1.29 is 4.42 Å².